The summed E-state index contributed by atoms with van der Waals surface area (Å²) in [5.41, 5.74) is 1.42. The molecule has 25 heavy (non-hydrogen) atoms. The zero-order chi connectivity index (χ0) is 17.9. The summed E-state index contributed by atoms with van der Waals surface area (Å²) in [5.74, 6) is -0.838. The van der Waals surface area contributed by atoms with Crippen LogP contribution in [0.15, 0.2) is 55.3 Å². The lowest BCUT2D eigenvalue weighted by molar-refractivity contribution is -0.111. The molecule has 0 radical (unpaired) electrons. The van der Waals surface area contributed by atoms with Crippen LogP contribution in [-0.4, -0.2) is 28.4 Å². The first-order chi connectivity index (χ1) is 12.0. The summed E-state index contributed by atoms with van der Waals surface area (Å²) >= 11 is 0. The van der Waals surface area contributed by atoms with Crippen molar-refractivity contribution < 1.29 is 14.7 Å². The molecule has 0 unspecified atom stereocenters. The van der Waals surface area contributed by atoms with Gasteiger partial charge in [-0.2, -0.15) is 0 Å². The van der Waals surface area contributed by atoms with E-state index >= 15 is 0 Å². The summed E-state index contributed by atoms with van der Waals surface area (Å²) in [7, 11) is 0. The Kier molecular flexibility index (Phi) is 4.52. The zero-order valence-electron chi connectivity index (χ0n) is 13.7. The summed E-state index contributed by atoms with van der Waals surface area (Å²) in [6.45, 7) is 3.86. The average molecular weight is 337 g/mol. The lowest BCUT2D eigenvalue weighted by Gasteiger charge is -2.16. The predicted octanol–water partition coefficient (Wildman–Crippen LogP) is 2.37. The zero-order valence-corrected chi connectivity index (χ0v) is 13.7. The Hall–Kier alpha value is -3.15. The fourth-order valence-electron chi connectivity index (χ4n) is 2.66. The maximum Gasteiger partial charge on any atom is 0.251 e. The fourth-order valence-corrected chi connectivity index (χ4v) is 2.66. The monoisotopic (exact) mass is 337 g/mol. The van der Waals surface area contributed by atoms with E-state index in [1.54, 1.807) is 6.20 Å². The first-order valence-corrected chi connectivity index (χ1v) is 8.00. The molecule has 1 saturated carbocycles. The molecule has 3 rings (SSSR count). The van der Waals surface area contributed by atoms with E-state index in [0.717, 1.165) is 24.6 Å². The first-order valence-electron chi connectivity index (χ1n) is 8.00. The number of hydrogen-bond donors (Lipinski definition) is 3. The maximum atomic E-state index is 12.4. The number of anilines is 1. The highest BCUT2D eigenvalue weighted by Gasteiger charge is 2.45. The van der Waals surface area contributed by atoms with Crippen LogP contribution in [-0.2, 0) is 10.2 Å². The number of carbonyl (C=O) groups excluding carboxylic acids is 2. The van der Waals surface area contributed by atoms with Gasteiger partial charge in [0.05, 0.1) is 5.69 Å². The smallest absolute Gasteiger partial charge is 0.251 e. The lowest BCUT2D eigenvalue weighted by Crippen LogP contribution is -2.32. The summed E-state index contributed by atoms with van der Waals surface area (Å²) in [4.78, 5) is 28.2. The lowest BCUT2D eigenvalue weighted by atomic mass is 10.0. The number of nitrogens with one attached hydrogen (secondary N) is 2. The Balaban J connectivity index is 1.69. The molecule has 128 valence electrons. The van der Waals surface area contributed by atoms with Crippen molar-refractivity contribution in [2.45, 2.75) is 18.3 Å². The minimum absolute atomic E-state index is 0.0896. The van der Waals surface area contributed by atoms with Gasteiger partial charge in [0.2, 0.25) is 5.91 Å². The van der Waals surface area contributed by atoms with Crippen molar-refractivity contribution in [3.8, 4) is 5.75 Å². The van der Waals surface area contributed by atoms with Gasteiger partial charge in [0.15, 0.2) is 0 Å². The molecule has 6 nitrogen and oxygen atoms in total. The van der Waals surface area contributed by atoms with Crippen LogP contribution in [0.1, 0.15) is 28.9 Å². The van der Waals surface area contributed by atoms with Gasteiger partial charge in [-0.05, 0) is 49.2 Å². The van der Waals surface area contributed by atoms with Crippen molar-refractivity contribution in [1.82, 2.24) is 10.3 Å². The molecule has 2 amide bonds. The van der Waals surface area contributed by atoms with Crippen molar-refractivity contribution in [1.29, 1.82) is 0 Å². The summed E-state index contributed by atoms with van der Waals surface area (Å²) in [5, 5.41) is 15.2. The molecule has 2 aromatic rings. The molecule has 6 heteroatoms. The van der Waals surface area contributed by atoms with Crippen LogP contribution in [0.2, 0.25) is 0 Å². The number of nitrogens with zero attached hydrogens (tertiary/aromatic N) is 1. The topological polar surface area (TPSA) is 91.3 Å². The van der Waals surface area contributed by atoms with Gasteiger partial charge in [-0.25, -0.2) is 0 Å². The highest BCUT2D eigenvalue weighted by atomic mass is 16.3. The fraction of sp³-hybridized carbons (Fsp3) is 0.211. The van der Waals surface area contributed by atoms with Gasteiger partial charge in [-0.15, -0.1) is 0 Å². The maximum absolute atomic E-state index is 12.4. The van der Waals surface area contributed by atoms with E-state index in [1.807, 2.05) is 18.2 Å². The molecule has 0 atom stereocenters. The Labute approximate surface area is 145 Å². The van der Waals surface area contributed by atoms with Gasteiger partial charge < -0.3 is 15.7 Å². The molecule has 1 aliphatic carbocycles. The third-order valence-corrected chi connectivity index (χ3v) is 4.35. The quantitative estimate of drug-likeness (QED) is 0.557. The molecule has 0 spiro atoms. The number of rotatable bonds is 6. The van der Waals surface area contributed by atoms with Crippen LogP contribution < -0.4 is 10.6 Å². The second-order valence-corrected chi connectivity index (χ2v) is 6.10. The third kappa shape index (κ3) is 3.68. The Morgan fingerprint density at radius 2 is 2.08 bits per heavy atom. The number of carbonyl (C=O) groups is 2. The van der Waals surface area contributed by atoms with Crippen LogP contribution >= 0.6 is 0 Å². The van der Waals surface area contributed by atoms with Crippen molar-refractivity contribution in [3.05, 3.63) is 66.5 Å². The molecular formula is C19H19N3O3. The number of hydrogen-bond acceptors (Lipinski definition) is 4. The third-order valence-electron chi connectivity index (χ3n) is 4.35. The van der Waals surface area contributed by atoms with E-state index in [2.05, 4.69) is 22.2 Å². The Morgan fingerprint density at radius 1 is 1.28 bits per heavy atom. The number of amides is 2. The number of aromatic hydroxyl groups is 1. The average Bonchev–Trinajstić information content (AvgIpc) is 3.43. The number of phenols is 1. The highest BCUT2D eigenvalue weighted by Crippen LogP contribution is 2.46. The Bertz CT molecular complexity index is 814. The standard InChI is InChI=1S/C19H19N3O3/c1-2-17(24)22-14-11-13(6-7-15(14)23)18(25)21-12-19(8-9-19)16-5-3-4-10-20-16/h2-7,10-11,23H,1,8-9,12H2,(H,21,25)(H,22,24). The molecule has 1 aromatic carbocycles. The number of benzene rings is 1. The van der Waals surface area contributed by atoms with Gasteiger partial charge in [0.25, 0.3) is 5.91 Å². The van der Waals surface area contributed by atoms with Gasteiger partial charge in [-0.3, -0.25) is 14.6 Å². The second-order valence-electron chi connectivity index (χ2n) is 6.10. The van der Waals surface area contributed by atoms with Crippen molar-refractivity contribution in [2.24, 2.45) is 0 Å². The van der Waals surface area contributed by atoms with Gasteiger partial charge in [0, 0.05) is 29.4 Å². The minimum atomic E-state index is -0.458. The van der Waals surface area contributed by atoms with Crippen molar-refractivity contribution in [3.63, 3.8) is 0 Å². The van der Waals surface area contributed by atoms with Crippen molar-refractivity contribution in [2.75, 3.05) is 11.9 Å². The van der Waals surface area contributed by atoms with Gasteiger partial charge in [-0.1, -0.05) is 12.6 Å². The van der Waals surface area contributed by atoms with E-state index in [9.17, 15) is 14.7 Å². The molecular weight excluding hydrogens is 318 g/mol. The first kappa shape index (κ1) is 16.7. The molecule has 1 aliphatic rings. The van der Waals surface area contributed by atoms with Crippen LogP contribution in [0, 0.1) is 0 Å². The molecule has 0 saturated heterocycles. The molecule has 1 fully saturated rings. The summed E-state index contributed by atoms with van der Waals surface area (Å²) < 4.78 is 0. The van der Waals surface area contributed by atoms with Gasteiger partial charge in [0.1, 0.15) is 5.75 Å². The van der Waals surface area contributed by atoms with E-state index in [0.29, 0.717) is 12.1 Å². The van der Waals surface area contributed by atoms with Crippen molar-refractivity contribution >= 4 is 17.5 Å². The van der Waals surface area contributed by atoms with E-state index < -0.39 is 5.91 Å². The van der Waals surface area contributed by atoms with E-state index in [4.69, 9.17) is 0 Å². The highest BCUT2D eigenvalue weighted by molar-refractivity contribution is 6.02. The largest absolute Gasteiger partial charge is 0.506 e. The summed E-state index contributed by atoms with van der Waals surface area (Å²) in [6, 6.07) is 10.1. The number of aromatic nitrogens is 1. The SMILES string of the molecule is C=CC(=O)Nc1cc(C(=O)NCC2(c3ccccn3)CC2)ccc1O. The second kappa shape index (κ2) is 6.76. The molecule has 1 heterocycles. The molecule has 0 aliphatic heterocycles. The number of pyridine rings is 1. The normalized spacial score (nSPS) is 14.4. The Morgan fingerprint density at radius 3 is 2.72 bits per heavy atom. The summed E-state index contributed by atoms with van der Waals surface area (Å²) in [6.07, 6.45) is 4.82. The van der Waals surface area contributed by atoms with Crippen LogP contribution in [0.3, 0.4) is 0 Å². The predicted molar refractivity (Wildman–Crippen MR) is 94.4 cm³/mol. The molecule has 0 bridgehead atoms. The minimum Gasteiger partial charge on any atom is -0.506 e. The van der Waals surface area contributed by atoms with Gasteiger partial charge >= 0.3 is 0 Å². The number of phenolic OH excluding ortho intramolecular Hbond substituents is 1. The molecule has 3 N–H and O–H groups in total. The van der Waals surface area contributed by atoms with E-state index in [1.165, 1.54) is 18.2 Å². The molecule has 1 aromatic heterocycles. The van der Waals surface area contributed by atoms with Crippen LogP contribution in [0.25, 0.3) is 0 Å². The van der Waals surface area contributed by atoms with Crippen LogP contribution in [0.5, 0.6) is 5.75 Å². The van der Waals surface area contributed by atoms with Crippen LogP contribution in [0.4, 0.5) is 5.69 Å². The van der Waals surface area contributed by atoms with E-state index in [-0.39, 0.29) is 22.8 Å².